The van der Waals surface area contributed by atoms with E-state index < -0.39 is 5.41 Å². The lowest BCUT2D eigenvalue weighted by molar-refractivity contribution is -0.171. The second-order valence-corrected chi connectivity index (χ2v) is 8.41. The third-order valence-corrected chi connectivity index (χ3v) is 6.74. The summed E-state index contributed by atoms with van der Waals surface area (Å²) >= 11 is 1.13. The molecular weight excluding hydrogens is 314 g/mol. The molecular formula is C16H21N3O3S. The van der Waals surface area contributed by atoms with Crippen molar-refractivity contribution in [3.05, 3.63) is 10.6 Å². The second-order valence-electron chi connectivity index (χ2n) is 7.65. The smallest absolute Gasteiger partial charge is 0.311 e. The van der Waals surface area contributed by atoms with Gasteiger partial charge in [-0.15, -0.1) is 5.10 Å². The molecule has 0 spiro atoms. The van der Waals surface area contributed by atoms with Gasteiger partial charge in [-0.05, 0) is 68.8 Å². The summed E-state index contributed by atoms with van der Waals surface area (Å²) in [4.78, 5) is 25.7. The fraction of sp³-hybridized carbons (Fsp3) is 0.750. The van der Waals surface area contributed by atoms with Crippen molar-refractivity contribution in [2.45, 2.75) is 51.0 Å². The summed E-state index contributed by atoms with van der Waals surface area (Å²) in [5.41, 5.74) is -0.00118. The van der Waals surface area contributed by atoms with Crippen LogP contribution in [0.4, 0.5) is 0 Å². The molecule has 0 aromatic carbocycles. The standard InChI is InChI=1S/C16H21N3O3S/c1-9-12(23-19-18-9)13(20)17-16-6-10-3-11(7-16)5-15(4-10,8-16)14(21)22-2/h10-11H,3-8H2,1-2H3,(H,17,20)/t10-,11-,15?,16?/m1/s1. The summed E-state index contributed by atoms with van der Waals surface area (Å²) in [6, 6.07) is 0. The van der Waals surface area contributed by atoms with Crippen molar-refractivity contribution >= 4 is 23.4 Å². The Morgan fingerprint density at radius 3 is 2.52 bits per heavy atom. The first kappa shape index (κ1) is 15.1. The van der Waals surface area contributed by atoms with Crippen LogP contribution in [0.1, 0.15) is 53.9 Å². The Kier molecular flexibility index (Phi) is 3.27. The van der Waals surface area contributed by atoms with Gasteiger partial charge in [-0.25, -0.2) is 0 Å². The van der Waals surface area contributed by atoms with Crippen molar-refractivity contribution in [1.82, 2.24) is 14.9 Å². The summed E-state index contributed by atoms with van der Waals surface area (Å²) in [6.07, 6.45) is 5.65. The molecule has 4 aliphatic rings. The fourth-order valence-corrected chi connectivity index (χ4v) is 6.15. The van der Waals surface area contributed by atoms with E-state index >= 15 is 0 Å². The predicted molar refractivity (Wildman–Crippen MR) is 84.0 cm³/mol. The molecule has 0 aliphatic heterocycles. The van der Waals surface area contributed by atoms with Crippen LogP contribution in [-0.2, 0) is 9.53 Å². The van der Waals surface area contributed by atoms with Crippen molar-refractivity contribution in [2.75, 3.05) is 7.11 Å². The summed E-state index contributed by atoms with van der Waals surface area (Å²) < 4.78 is 8.96. The van der Waals surface area contributed by atoms with E-state index in [9.17, 15) is 9.59 Å². The number of esters is 1. The SMILES string of the molecule is COC(=O)C12C[C@H]3C[C@@H](CC(NC(=O)c4snnc4C)(C3)C1)C2. The first-order valence-corrected chi connectivity index (χ1v) is 8.93. The summed E-state index contributed by atoms with van der Waals surface area (Å²) in [5, 5.41) is 7.18. The summed E-state index contributed by atoms with van der Waals surface area (Å²) in [5.74, 6) is 0.827. The van der Waals surface area contributed by atoms with Gasteiger partial charge < -0.3 is 10.1 Å². The second kappa shape index (κ2) is 5.00. The largest absolute Gasteiger partial charge is 0.469 e. The van der Waals surface area contributed by atoms with Gasteiger partial charge in [-0.2, -0.15) is 0 Å². The molecule has 1 amide bonds. The number of carbonyl (C=O) groups excluding carboxylic acids is 2. The van der Waals surface area contributed by atoms with Crippen molar-refractivity contribution in [3.63, 3.8) is 0 Å². The number of carbonyl (C=O) groups is 2. The lowest BCUT2D eigenvalue weighted by atomic mass is 9.47. The highest BCUT2D eigenvalue weighted by molar-refractivity contribution is 7.08. The Labute approximate surface area is 139 Å². The van der Waals surface area contributed by atoms with E-state index in [2.05, 4.69) is 14.9 Å². The van der Waals surface area contributed by atoms with E-state index in [0.717, 1.165) is 37.2 Å². The van der Waals surface area contributed by atoms with Gasteiger partial charge in [0.2, 0.25) is 0 Å². The van der Waals surface area contributed by atoms with E-state index in [1.54, 1.807) is 6.92 Å². The third kappa shape index (κ3) is 2.28. The lowest BCUT2D eigenvalue weighted by Crippen LogP contribution is -2.64. The van der Waals surface area contributed by atoms with Gasteiger partial charge >= 0.3 is 5.97 Å². The van der Waals surface area contributed by atoms with Gasteiger partial charge in [0.05, 0.1) is 18.2 Å². The zero-order valence-corrected chi connectivity index (χ0v) is 14.2. The maximum atomic E-state index is 12.7. The van der Waals surface area contributed by atoms with Crippen LogP contribution in [0.5, 0.6) is 0 Å². The van der Waals surface area contributed by atoms with E-state index in [1.165, 1.54) is 13.5 Å². The first-order chi connectivity index (χ1) is 11.0. The number of ether oxygens (including phenoxy) is 1. The van der Waals surface area contributed by atoms with Crippen molar-refractivity contribution in [1.29, 1.82) is 0 Å². The number of rotatable bonds is 3. The minimum absolute atomic E-state index is 0.0964. The quantitative estimate of drug-likeness (QED) is 0.856. The van der Waals surface area contributed by atoms with E-state index in [1.807, 2.05) is 0 Å². The molecule has 5 rings (SSSR count). The summed E-state index contributed by atoms with van der Waals surface area (Å²) in [7, 11) is 1.47. The van der Waals surface area contributed by atoms with Crippen molar-refractivity contribution in [3.8, 4) is 0 Å². The number of nitrogens with one attached hydrogen (secondary N) is 1. The number of hydrogen-bond acceptors (Lipinski definition) is 6. The molecule has 1 aromatic rings. The van der Waals surface area contributed by atoms with Gasteiger partial charge in [0.15, 0.2) is 0 Å². The maximum absolute atomic E-state index is 12.7. The first-order valence-electron chi connectivity index (χ1n) is 8.15. The number of hydrogen-bond donors (Lipinski definition) is 1. The third-order valence-electron chi connectivity index (χ3n) is 5.92. The van der Waals surface area contributed by atoms with Gasteiger partial charge in [-0.3, -0.25) is 9.59 Å². The number of methoxy groups -OCH3 is 1. The van der Waals surface area contributed by atoms with Gasteiger partial charge in [0, 0.05) is 5.54 Å². The van der Waals surface area contributed by atoms with E-state index in [-0.39, 0.29) is 17.4 Å². The molecule has 4 aliphatic carbocycles. The Morgan fingerprint density at radius 1 is 1.26 bits per heavy atom. The Bertz CT molecular complexity index is 657. The highest BCUT2D eigenvalue weighted by Crippen LogP contribution is 2.62. The predicted octanol–water partition coefficient (Wildman–Crippen LogP) is 2.09. The van der Waals surface area contributed by atoms with Gasteiger partial charge in [-0.1, -0.05) is 4.49 Å². The molecule has 2 atom stereocenters. The molecule has 124 valence electrons. The molecule has 0 radical (unpaired) electrons. The van der Waals surface area contributed by atoms with Crippen LogP contribution in [0.25, 0.3) is 0 Å². The molecule has 1 aromatic heterocycles. The lowest BCUT2D eigenvalue weighted by Gasteiger charge is -2.60. The molecule has 7 heteroatoms. The number of aromatic nitrogens is 2. The number of aryl methyl sites for hydroxylation is 1. The van der Waals surface area contributed by atoms with Gasteiger partial charge in [0.1, 0.15) is 4.88 Å². The fourth-order valence-electron chi connectivity index (χ4n) is 5.60. The van der Waals surface area contributed by atoms with Crippen molar-refractivity contribution < 1.29 is 14.3 Å². The average Bonchev–Trinajstić information content (AvgIpc) is 2.90. The zero-order valence-electron chi connectivity index (χ0n) is 13.4. The molecule has 4 saturated carbocycles. The molecule has 1 heterocycles. The molecule has 6 nitrogen and oxygen atoms in total. The zero-order chi connectivity index (χ0) is 16.2. The number of nitrogens with zero attached hydrogens (tertiary/aromatic N) is 2. The minimum atomic E-state index is -0.396. The van der Waals surface area contributed by atoms with Crippen LogP contribution < -0.4 is 5.32 Å². The number of amides is 1. The summed E-state index contributed by atoms with van der Waals surface area (Å²) in [6.45, 7) is 1.80. The molecule has 0 saturated heterocycles. The molecule has 1 N–H and O–H groups in total. The Balaban J connectivity index is 1.62. The van der Waals surface area contributed by atoms with Crippen LogP contribution in [0, 0.1) is 24.2 Å². The van der Waals surface area contributed by atoms with E-state index in [4.69, 9.17) is 4.74 Å². The molecule has 4 fully saturated rings. The van der Waals surface area contributed by atoms with Crippen molar-refractivity contribution in [2.24, 2.45) is 17.3 Å². The maximum Gasteiger partial charge on any atom is 0.311 e. The Morgan fingerprint density at radius 2 is 1.96 bits per heavy atom. The van der Waals surface area contributed by atoms with Gasteiger partial charge in [0.25, 0.3) is 5.91 Å². The molecule has 4 bridgehead atoms. The normalized spacial score (nSPS) is 37.7. The van der Waals surface area contributed by atoms with Crippen LogP contribution >= 0.6 is 11.5 Å². The Hall–Kier alpha value is -1.50. The average molecular weight is 335 g/mol. The topological polar surface area (TPSA) is 81.2 Å². The van der Waals surface area contributed by atoms with Crippen LogP contribution in [0.15, 0.2) is 0 Å². The minimum Gasteiger partial charge on any atom is -0.469 e. The van der Waals surface area contributed by atoms with Crippen LogP contribution in [0.2, 0.25) is 0 Å². The molecule has 23 heavy (non-hydrogen) atoms. The van der Waals surface area contributed by atoms with Crippen LogP contribution in [0.3, 0.4) is 0 Å². The highest BCUT2D eigenvalue weighted by atomic mass is 32.1. The molecule has 0 unspecified atom stereocenters. The van der Waals surface area contributed by atoms with Crippen LogP contribution in [-0.4, -0.2) is 34.1 Å². The monoisotopic (exact) mass is 335 g/mol. The van der Waals surface area contributed by atoms with E-state index in [0.29, 0.717) is 28.8 Å². The highest BCUT2D eigenvalue weighted by Gasteiger charge is 2.61.